The second-order valence-electron chi connectivity index (χ2n) is 4.59. The van der Waals surface area contributed by atoms with Crippen molar-refractivity contribution in [2.45, 2.75) is 39.8 Å². The standard InChI is InChI=1S/C13H19N/c1-10(2)14-7-6-12-5-4-11(3)8-13(12)9-14/h4-5,8,10H,6-7,9H2,1-3H3. The monoisotopic (exact) mass is 189 g/mol. The minimum absolute atomic E-state index is 0.670. The molecule has 0 radical (unpaired) electrons. The molecule has 1 aromatic rings. The largest absolute Gasteiger partial charge is 0.296 e. The zero-order chi connectivity index (χ0) is 10.1. The van der Waals surface area contributed by atoms with Crippen molar-refractivity contribution in [3.63, 3.8) is 0 Å². The van der Waals surface area contributed by atoms with Crippen LogP contribution in [0.15, 0.2) is 18.2 Å². The lowest BCUT2D eigenvalue weighted by molar-refractivity contribution is 0.203. The average molecular weight is 189 g/mol. The number of benzene rings is 1. The summed E-state index contributed by atoms with van der Waals surface area (Å²) in [6, 6.07) is 7.53. The quantitative estimate of drug-likeness (QED) is 0.656. The summed E-state index contributed by atoms with van der Waals surface area (Å²) in [6.07, 6.45) is 1.22. The van der Waals surface area contributed by atoms with Crippen LogP contribution in [0.2, 0.25) is 0 Å². The van der Waals surface area contributed by atoms with Crippen LogP contribution in [-0.4, -0.2) is 17.5 Å². The smallest absolute Gasteiger partial charge is 0.0239 e. The van der Waals surface area contributed by atoms with Gasteiger partial charge in [0.1, 0.15) is 0 Å². The van der Waals surface area contributed by atoms with Crippen LogP contribution in [0.4, 0.5) is 0 Å². The Morgan fingerprint density at radius 3 is 2.71 bits per heavy atom. The van der Waals surface area contributed by atoms with E-state index in [4.69, 9.17) is 0 Å². The minimum atomic E-state index is 0.670. The second-order valence-corrected chi connectivity index (χ2v) is 4.59. The highest BCUT2D eigenvalue weighted by atomic mass is 15.1. The first kappa shape index (κ1) is 9.72. The molecule has 2 rings (SSSR count). The van der Waals surface area contributed by atoms with E-state index in [1.807, 2.05) is 0 Å². The van der Waals surface area contributed by atoms with Crippen molar-refractivity contribution >= 4 is 0 Å². The third-order valence-corrected chi connectivity index (χ3v) is 3.13. The van der Waals surface area contributed by atoms with E-state index in [-0.39, 0.29) is 0 Å². The molecule has 0 aliphatic carbocycles. The van der Waals surface area contributed by atoms with E-state index >= 15 is 0 Å². The number of hydrogen-bond acceptors (Lipinski definition) is 1. The van der Waals surface area contributed by atoms with Gasteiger partial charge in [-0.2, -0.15) is 0 Å². The molecule has 0 saturated heterocycles. The minimum Gasteiger partial charge on any atom is -0.296 e. The van der Waals surface area contributed by atoms with Gasteiger partial charge in [0.05, 0.1) is 0 Å². The highest BCUT2D eigenvalue weighted by Gasteiger charge is 2.17. The van der Waals surface area contributed by atoms with Gasteiger partial charge in [-0.15, -0.1) is 0 Å². The molecule has 14 heavy (non-hydrogen) atoms. The predicted octanol–water partition coefficient (Wildman–Crippen LogP) is 2.76. The van der Waals surface area contributed by atoms with Crippen molar-refractivity contribution in [3.05, 3.63) is 34.9 Å². The summed E-state index contributed by atoms with van der Waals surface area (Å²) in [7, 11) is 0. The summed E-state index contributed by atoms with van der Waals surface area (Å²) in [5.41, 5.74) is 4.46. The van der Waals surface area contributed by atoms with Gasteiger partial charge in [0, 0.05) is 19.1 Å². The van der Waals surface area contributed by atoms with Gasteiger partial charge in [0.25, 0.3) is 0 Å². The van der Waals surface area contributed by atoms with E-state index < -0.39 is 0 Å². The number of hydrogen-bond donors (Lipinski definition) is 0. The third-order valence-electron chi connectivity index (χ3n) is 3.13. The van der Waals surface area contributed by atoms with Crippen molar-refractivity contribution in [1.29, 1.82) is 0 Å². The van der Waals surface area contributed by atoms with Gasteiger partial charge in [-0.3, -0.25) is 4.90 Å². The van der Waals surface area contributed by atoms with Gasteiger partial charge in [0.15, 0.2) is 0 Å². The average Bonchev–Trinajstić information content (AvgIpc) is 2.16. The maximum absolute atomic E-state index is 2.54. The number of rotatable bonds is 1. The lowest BCUT2D eigenvalue weighted by atomic mass is 9.97. The summed E-state index contributed by atoms with van der Waals surface area (Å²) in [5, 5.41) is 0. The van der Waals surface area contributed by atoms with E-state index in [0.29, 0.717) is 6.04 Å². The number of nitrogens with zero attached hydrogens (tertiary/aromatic N) is 1. The molecule has 1 heteroatoms. The van der Waals surface area contributed by atoms with Crippen LogP contribution in [0.1, 0.15) is 30.5 Å². The molecule has 0 aromatic heterocycles. The Morgan fingerprint density at radius 1 is 1.21 bits per heavy atom. The zero-order valence-electron chi connectivity index (χ0n) is 9.38. The molecule has 0 unspecified atom stereocenters. The predicted molar refractivity (Wildman–Crippen MR) is 60.4 cm³/mol. The van der Waals surface area contributed by atoms with Crippen molar-refractivity contribution in [2.75, 3.05) is 6.54 Å². The Bertz CT molecular complexity index is 328. The molecule has 0 fully saturated rings. The lowest BCUT2D eigenvalue weighted by Gasteiger charge is -2.32. The van der Waals surface area contributed by atoms with Crippen LogP contribution < -0.4 is 0 Å². The van der Waals surface area contributed by atoms with Crippen LogP contribution in [0, 0.1) is 6.92 Å². The van der Waals surface area contributed by atoms with Crippen molar-refractivity contribution < 1.29 is 0 Å². The molecule has 1 aromatic carbocycles. The highest BCUT2D eigenvalue weighted by molar-refractivity contribution is 5.33. The van der Waals surface area contributed by atoms with Crippen molar-refractivity contribution in [2.24, 2.45) is 0 Å². The Morgan fingerprint density at radius 2 is 2.00 bits per heavy atom. The molecule has 0 atom stereocenters. The van der Waals surface area contributed by atoms with E-state index in [9.17, 15) is 0 Å². The summed E-state index contributed by atoms with van der Waals surface area (Å²) in [6.45, 7) is 9.08. The van der Waals surface area contributed by atoms with Gasteiger partial charge in [-0.1, -0.05) is 23.8 Å². The first-order valence-electron chi connectivity index (χ1n) is 5.49. The SMILES string of the molecule is Cc1ccc2c(c1)CN(C(C)C)CC2. The zero-order valence-corrected chi connectivity index (χ0v) is 9.38. The van der Waals surface area contributed by atoms with Gasteiger partial charge >= 0.3 is 0 Å². The topological polar surface area (TPSA) is 3.24 Å². The Balaban J connectivity index is 2.24. The van der Waals surface area contributed by atoms with Gasteiger partial charge in [-0.25, -0.2) is 0 Å². The van der Waals surface area contributed by atoms with Crippen LogP contribution >= 0.6 is 0 Å². The first-order valence-corrected chi connectivity index (χ1v) is 5.49. The normalized spacial score (nSPS) is 17.1. The maximum atomic E-state index is 2.54. The fourth-order valence-corrected chi connectivity index (χ4v) is 2.15. The maximum Gasteiger partial charge on any atom is 0.0239 e. The molecular formula is C13H19N. The molecule has 0 amide bonds. The number of aryl methyl sites for hydroxylation is 1. The fourth-order valence-electron chi connectivity index (χ4n) is 2.15. The molecule has 0 N–H and O–H groups in total. The lowest BCUT2D eigenvalue weighted by Crippen LogP contribution is -2.35. The van der Waals surface area contributed by atoms with Gasteiger partial charge in [-0.05, 0) is 38.3 Å². The highest BCUT2D eigenvalue weighted by Crippen LogP contribution is 2.21. The van der Waals surface area contributed by atoms with E-state index in [0.717, 1.165) is 6.54 Å². The summed E-state index contributed by atoms with van der Waals surface area (Å²) >= 11 is 0. The van der Waals surface area contributed by atoms with Crippen LogP contribution in [-0.2, 0) is 13.0 Å². The third kappa shape index (κ3) is 1.83. The Kier molecular flexibility index (Phi) is 2.60. The van der Waals surface area contributed by atoms with E-state index in [2.05, 4.69) is 43.9 Å². The molecular weight excluding hydrogens is 170 g/mol. The molecule has 0 bridgehead atoms. The second kappa shape index (κ2) is 3.74. The molecule has 1 nitrogen and oxygen atoms in total. The molecule has 1 aliphatic heterocycles. The molecule has 76 valence electrons. The van der Waals surface area contributed by atoms with E-state index in [1.165, 1.54) is 24.1 Å². The van der Waals surface area contributed by atoms with Gasteiger partial charge in [0.2, 0.25) is 0 Å². The summed E-state index contributed by atoms with van der Waals surface area (Å²) in [4.78, 5) is 2.54. The van der Waals surface area contributed by atoms with Crippen LogP contribution in [0.3, 0.4) is 0 Å². The van der Waals surface area contributed by atoms with Crippen LogP contribution in [0.25, 0.3) is 0 Å². The Labute approximate surface area is 86.7 Å². The van der Waals surface area contributed by atoms with Crippen molar-refractivity contribution in [3.8, 4) is 0 Å². The molecule has 1 aliphatic rings. The Hall–Kier alpha value is -0.820. The number of fused-ring (bicyclic) bond motifs is 1. The molecule has 0 saturated carbocycles. The fraction of sp³-hybridized carbons (Fsp3) is 0.538. The first-order chi connectivity index (χ1) is 6.66. The van der Waals surface area contributed by atoms with Gasteiger partial charge < -0.3 is 0 Å². The molecule has 0 spiro atoms. The van der Waals surface area contributed by atoms with Crippen molar-refractivity contribution in [1.82, 2.24) is 4.90 Å². The van der Waals surface area contributed by atoms with Crippen LogP contribution in [0.5, 0.6) is 0 Å². The van der Waals surface area contributed by atoms with E-state index in [1.54, 1.807) is 5.56 Å². The summed E-state index contributed by atoms with van der Waals surface area (Å²) in [5.74, 6) is 0. The molecule has 1 heterocycles. The summed E-state index contributed by atoms with van der Waals surface area (Å²) < 4.78 is 0.